The van der Waals surface area contributed by atoms with E-state index in [1.807, 2.05) is 12.1 Å². The number of hydrogen-bond donors (Lipinski definition) is 0. The number of aromatic nitrogens is 2. The van der Waals surface area contributed by atoms with Gasteiger partial charge in [0, 0.05) is 23.2 Å². The van der Waals surface area contributed by atoms with E-state index in [1.54, 1.807) is 28.2 Å². The van der Waals surface area contributed by atoms with Crippen molar-refractivity contribution in [3.05, 3.63) is 48.8 Å². The van der Waals surface area contributed by atoms with Gasteiger partial charge in [0.25, 0.3) is 14.1 Å². The third kappa shape index (κ3) is 7.24. The fraction of sp³-hybridized carbons (Fsp3) is 0.500. The number of rotatable bonds is 6. The zero-order chi connectivity index (χ0) is 19.8. The molecular weight excluding hydrogens is 343 g/mol. The van der Waals surface area contributed by atoms with Crippen molar-refractivity contribution in [3.8, 4) is 0 Å². The lowest BCUT2D eigenvalue weighted by atomic mass is 10.1. The van der Waals surface area contributed by atoms with Crippen molar-refractivity contribution in [3.63, 3.8) is 0 Å². The van der Waals surface area contributed by atoms with Crippen molar-refractivity contribution in [2.45, 2.75) is 57.4 Å². The molecule has 0 fully saturated rings. The standard InChI is InChI=1S/C12H8N2.3C4H9.Al/c1-3-9-5-6-10-4-2-8-14-12(10)11(9)13-7-1;3*1-4(2)3;/h1-8H;3*4H,1H2,2-3H3;. The van der Waals surface area contributed by atoms with Crippen LogP contribution >= 0.6 is 0 Å². The van der Waals surface area contributed by atoms with Gasteiger partial charge in [0.15, 0.2) is 0 Å². The fourth-order valence-electron chi connectivity index (χ4n) is 3.97. The molecule has 0 amide bonds. The molecule has 0 aliphatic rings. The number of benzene rings is 1. The van der Waals surface area contributed by atoms with Crippen molar-refractivity contribution < 1.29 is 0 Å². The molecule has 0 saturated carbocycles. The Morgan fingerprint density at radius 1 is 0.630 bits per heavy atom. The topological polar surface area (TPSA) is 25.8 Å². The maximum Gasteiger partial charge on any atom is 0.262 e. The summed E-state index contributed by atoms with van der Waals surface area (Å²) in [5, 5.41) is 6.93. The first-order valence-corrected chi connectivity index (χ1v) is 12.9. The van der Waals surface area contributed by atoms with Crippen LogP contribution in [0.5, 0.6) is 0 Å². The van der Waals surface area contributed by atoms with Crippen molar-refractivity contribution in [2.24, 2.45) is 17.8 Å². The summed E-state index contributed by atoms with van der Waals surface area (Å²) in [6, 6.07) is 12.1. The first-order valence-electron chi connectivity index (χ1n) is 10.4. The molecule has 144 valence electrons. The zero-order valence-corrected chi connectivity index (χ0v) is 19.1. The summed E-state index contributed by atoms with van der Waals surface area (Å²) in [6.07, 6.45) is 3.60. The monoisotopic (exact) mass is 378 g/mol. The van der Waals surface area contributed by atoms with Crippen molar-refractivity contribution >= 4 is 36.0 Å². The van der Waals surface area contributed by atoms with E-state index in [0.29, 0.717) is 0 Å². The Kier molecular flexibility index (Phi) is 8.74. The highest BCUT2D eigenvalue weighted by molar-refractivity contribution is 6.58. The lowest BCUT2D eigenvalue weighted by Gasteiger charge is -2.17. The van der Waals surface area contributed by atoms with Gasteiger partial charge in [0.1, 0.15) is 0 Å². The average molecular weight is 379 g/mol. The molecule has 0 bridgehead atoms. The van der Waals surface area contributed by atoms with Crippen LogP contribution in [-0.2, 0) is 0 Å². The Bertz CT molecular complexity index is 748. The van der Waals surface area contributed by atoms with Crippen molar-refractivity contribution in [1.29, 1.82) is 0 Å². The minimum Gasteiger partial charge on any atom is -0.254 e. The Morgan fingerprint density at radius 3 is 1.33 bits per heavy atom. The van der Waals surface area contributed by atoms with Gasteiger partial charge in [-0.05, 0) is 12.1 Å². The van der Waals surface area contributed by atoms with E-state index in [-0.39, 0.29) is 0 Å². The highest BCUT2D eigenvalue weighted by Crippen LogP contribution is 2.21. The normalized spacial score (nSPS) is 11.3. The minimum atomic E-state index is -0.407. The molecule has 0 spiro atoms. The number of hydrogen-bond acceptors (Lipinski definition) is 2. The highest BCUT2D eigenvalue weighted by atomic mass is 27.2. The van der Waals surface area contributed by atoms with Crippen LogP contribution < -0.4 is 0 Å². The summed E-state index contributed by atoms with van der Waals surface area (Å²) in [7, 11) is 0. The Morgan fingerprint density at radius 2 is 1.00 bits per heavy atom. The quantitative estimate of drug-likeness (QED) is 0.334. The van der Waals surface area contributed by atoms with Crippen LogP contribution in [0, 0.1) is 17.8 Å². The van der Waals surface area contributed by atoms with Gasteiger partial charge >= 0.3 is 0 Å². The second-order valence-corrected chi connectivity index (χ2v) is 12.1. The lowest BCUT2D eigenvalue weighted by Crippen LogP contribution is -2.19. The van der Waals surface area contributed by atoms with E-state index in [2.05, 4.69) is 75.8 Å². The van der Waals surface area contributed by atoms with E-state index < -0.39 is 14.1 Å². The molecule has 2 nitrogen and oxygen atoms in total. The van der Waals surface area contributed by atoms with Gasteiger partial charge in [-0.1, -0.05) is 99.4 Å². The van der Waals surface area contributed by atoms with Crippen LogP contribution in [0.3, 0.4) is 0 Å². The van der Waals surface area contributed by atoms with E-state index in [1.165, 1.54) is 0 Å². The SMILES string of the molecule is CC(C)[CH2][Al]([CH2]C(C)C)[CH2]C(C)C.c1cnc2c(c1)ccc1cccnc12. The van der Waals surface area contributed by atoms with Gasteiger partial charge in [0.2, 0.25) is 0 Å². The largest absolute Gasteiger partial charge is 0.262 e. The molecule has 3 rings (SSSR count). The molecule has 0 aliphatic carbocycles. The predicted molar refractivity (Wildman–Crippen MR) is 122 cm³/mol. The van der Waals surface area contributed by atoms with Gasteiger partial charge in [-0.15, -0.1) is 0 Å². The molecule has 3 aromatic rings. The van der Waals surface area contributed by atoms with E-state index >= 15 is 0 Å². The lowest BCUT2D eigenvalue weighted by molar-refractivity contribution is 0.659. The van der Waals surface area contributed by atoms with Gasteiger partial charge in [-0.25, -0.2) is 0 Å². The van der Waals surface area contributed by atoms with Crippen LogP contribution in [-0.4, -0.2) is 24.1 Å². The highest BCUT2D eigenvalue weighted by Gasteiger charge is 2.20. The van der Waals surface area contributed by atoms with Gasteiger partial charge in [-0.3, -0.25) is 9.97 Å². The smallest absolute Gasteiger partial charge is 0.254 e. The van der Waals surface area contributed by atoms with Crippen LogP contribution in [0.25, 0.3) is 21.8 Å². The predicted octanol–water partition coefficient (Wildman–Crippen LogP) is 7.23. The molecule has 3 heteroatoms. The molecular formula is C24H35AlN2. The molecule has 2 heterocycles. The van der Waals surface area contributed by atoms with E-state index in [9.17, 15) is 0 Å². The molecule has 0 aliphatic heterocycles. The van der Waals surface area contributed by atoms with Gasteiger partial charge < -0.3 is 0 Å². The number of pyridine rings is 2. The van der Waals surface area contributed by atoms with E-state index in [0.717, 1.165) is 39.6 Å². The van der Waals surface area contributed by atoms with Crippen LogP contribution in [0.15, 0.2) is 48.8 Å². The number of nitrogens with zero attached hydrogens (tertiary/aromatic N) is 2. The number of fused-ring (bicyclic) bond motifs is 3. The molecule has 27 heavy (non-hydrogen) atoms. The average Bonchev–Trinajstić information content (AvgIpc) is 2.60. The molecule has 0 radical (unpaired) electrons. The first kappa shape index (κ1) is 21.9. The van der Waals surface area contributed by atoms with Crippen LogP contribution in [0.2, 0.25) is 15.8 Å². The summed E-state index contributed by atoms with van der Waals surface area (Å²) in [4.78, 5) is 8.69. The molecule has 0 unspecified atom stereocenters. The molecule has 1 aromatic carbocycles. The third-order valence-corrected chi connectivity index (χ3v) is 9.59. The second kappa shape index (κ2) is 10.8. The Balaban J connectivity index is 0.000000195. The summed E-state index contributed by atoms with van der Waals surface area (Å²) in [5.74, 6) is 2.78. The summed E-state index contributed by atoms with van der Waals surface area (Å²) >= 11 is -0.407. The molecule has 0 saturated heterocycles. The third-order valence-electron chi connectivity index (χ3n) is 4.76. The molecule has 0 N–H and O–H groups in total. The van der Waals surface area contributed by atoms with Crippen molar-refractivity contribution in [2.75, 3.05) is 0 Å². The van der Waals surface area contributed by atoms with Gasteiger partial charge in [0.05, 0.1) is 11.0 Å². The Hall–Kier alpha value is -1.43. The van der Waals surface area contributed by atoms with E-state index in [4.69, 9.17) is 0 Å². The first-order chi connectivity index (χ1) is 12.9. The Labute approximate surface area is 169 Å². The fourth-order valence-corrected chi connectivity index (χ4v) is 8.55. The zero-order valence-electron chi connectivity index (χ0n) is 17.9. The maximum absolute atomic E-state index is 4.35. The summed E-state index contributed by atoms with van der Waals surface area (Å²) < 4.78 is 0. The minimum absolute atomic E-state index is 0.407. The summed E-state index contributed by atoms with van der Waals surface area (Å²) in [5.41, 5.74) is 1.95. The van der Waals surface area contributed by atoms with Crippen molar-refractivity contribution in [1.82, 2.24) is 9.97 Å². The maximum atomic E-state index is 4.35. The molecule has 2 aromatic heterocycles. The summed E-state index contributed by atoms with van der Waals surface area (Å²) in [6.45, 7) is 14.3. The molecule has 0 atom stereocenters. The second-order valence-electron chi connectivity index (χ2n) is 8.97. The van der Waals surface area contributed by atoms with Gasteiger partial charge in [-0.2, -0.15) is 0 Å². The van der Waals surface area contributed by atoms with Crippen LogP contribution in [0.4, 0.5) is 0 Å². The van der Waals surface area contributed by atoms with Crippen LogP contribution in [0.1, 0.15) is 41.5 Å².